The Kier molecular flexibility index (Phi) is 8.35. The summed E-state index contributed by atoms with van der Waals surface area (Å²) in [5.74, 6) is -0.560. The number of nitrogens with zero attached hydrogens (tertiary/aromatic N) is 3. The number of amides is 2. The molecule has 31 heavy (non-hydrogen) atoms. The molecule has 2 amide bonds. The third kappa shape index (κ3) is 5.71. The molecule has 0 radical (unpaired) electrons. The number of hydrogen-bond donors (Lipinski definition) is 2. The van der Waals surface area contributed by atoms with Crippen LogP contribution in [0.4, 0.5) is 5.69 Å². The fourth-order valence-corrected chi connectivity index (χ4v) is 5.37. The first-order chi connectivity index (χ1) is 14.6. The molecule has 1 heterocycles. The average molecular weight is 450 g/mol. The van der Waals surface area contributed by atoms with Gasteiger partial charge < -0.3 is 10.6 Å². The van der Waals surface area contributed by atoms with Crippen molar-refractivity contribution in [2.24, 2.45) is 0 Å². The van der Waals surface area contributed by atoms with Crippen LogP contribution in [0.3, 0.4) is 0 Å². The number of carbonyl (C=O) groups excluding carboxylic acids is 2. The van der Waals surface area contributed by atoms with Crippen molar-refractivity contribution in [3.8, 4) is 0 Å². The highest BCUT2D eigenvalue weighted by Gasteiger charge is 2.30. The van der Waals surface area contributed by atoms with Crippen LogP contribution in [0.2, 0.25) is 0 Å². The highest BCUT2D eigenvalue weighted by Crippen LogP contribution is 2.24. The Morgan fingerprint density at radius 2 is 1.65 bits per heavy atom. The molecule has 0 fully saturated rings. The Hall–Kier alpha value is -2.72. The molecule has 10 heteroatoms. The molecule has 0 unspecified atom stereocenters. The number of aromatic nitrogens is 2. The first kappa shape index (κ1) is 24.5. The second kappa shape index (κ2) is 10.5. The number of benzene rings is 1. The monoisotopic (exact) mass is 449 g/mol. The molecule has 0 aliphatic heterocycles. The number of rotatable bonds is 10. The predicted octanol–water partition coefficient (Wildman–Crippen LogP) is 2.31. The largest absolute Gasteiger partial charge is 0.355 e. The molecule has 9 nitrogen and oxygen atoms in total. The fraction of sp³-hybridized carbons (Fsp3) is 0.476. The lowest BCUT2D eigenvalue weighted by Gasteiger charge is -2.21. The van der Waals surface area contributed by atoms with E-state index in [1.54, 1.807) is 45.2 Å². The molecule has 0 saturated heterocycles. The van der Waals surface area contributed by atoms with Crippen LogP contribution in [0.1, 0.15) is 48.4 Å². The maximum Gasteiger partial charge on any atom is 0.251 e. The van der Waals surface area contributed by atoms with Crippen molar-refractivity contribution >= 4 is 27.5 Å². The van der Waals surface area contributed by atoms with E-state index in [0.717, 1.165) is 0 Å². The maximum absolute atomic E-state index is 13.2. The molecule has 2 aromatic rings. The minimum atomic E-state index is -3.70. The number of aryl methyl sites for hydroxylation is 1. The molecule has 0 saturated carbocycles. The predicted molar refractivity (Wildman–Crippen MR) is 120 cm³/mol. The van der Waals surface area contributed by atoms with Gasteiger partial charge in [0.1, 0.15) is 11.4 Å². The van der Waals surface area contributed by atoms with Gasteiger partial charge in [-0.15, -0.1) is 0 Å². The molecule has 0 atom stereocenters. The third-order valence-corrected chi connectivity index (χ3v) is 6.96. The van der Waals surface area contributed by atoms with E-state index in [1.807, 2.05) is 13.8 Å². The SMILES string of the molecule is CCCN(CCC)S(=O)(=O)c1c(C)nn(CC(=O)Nc2ccc(C(=O)NC)cc2)c1C. The van der Waals surface area contributed by atoms with Crippen molar-refractivity contribution in [1.29, 1.82) is 0 Å². The summed E-state index contributed by atoms with van der Waals surface area (Å²) in [6.45, 7) is 7.93. The van der Waals surface area contributed by atoms with E-state index in [0.29, 0.717) is 48.6 Å². The van der Waals surface area contributed by atoms with E-state index in [-0.39, 0.29) is 23.3 Å². The summed E-state index contributed by atoms with van der Waals surface area (Å²) in [7, 11) is -2.15. The van der Waals surface area contributed by atoms with Crippen molar-refractivity contribution in [2.45, 2.75) is 52.0 Å². The number of hydrogen-bond acceptors (Lipinski definition) is 5. The van der Waals surface area contributed by atoms with Gasteiger partial charge in [-0.05, 0) is 51.0 Å². The van der Waals surface area contributed by atoms with Crippen molar-refractivity contribution in [3.63, 3.8) is 0 Å². The summed E-state index contributed by atoms with van der Waals surface area (Å²) >= 11 is 0. The number of carbonyl (C=O) groups is 2. The highest BCUT2D eigenvalue weighted by molar-refractivity contribution is 7.89. The van der Waals surface area contributed by atoms with Crippen LogP contribution in [-0.2, 0) is 21.4 Å². The summed E-state index contributed by atoms with van der Waals surface area (Å²) in [6.07, 6.45) is 1.43. The van der Waals surface area contributed by atoms with E-state index in [1.165, 1.54) is 8.99 Å². The van der Waals surface area contributed by atoms with Crippen LogP contribution in [0, 0.1) is 13.8 Å². The third-order valence-electron chi connectivity index (χ3n) is 4.81. The zero-order valence-corrected chi connectivity index (χ0v) is 19.5. The standard InChI is InChI=1S/C21H31N5O4S/c1-6-12-25(13-7-2)31(29,30)20-15(3)24-26(16(20)4)14-19(27)23-18-10-8-17(9-11-18)21(28)22-5/h8-11H,6-7,12-14H2,1-5H3,(H,22,28)(H,23,27). The van der Waals surface area contributed by atoms with Crippen LogP contribution in [-0.4, -0.2) is 54.5 Å². The molecule has 0 spiro atoms. The van der Waals surface area contributed by atoms with Gasteiger partial charge >= 0.3 is 0 Å². The lowest BCUT2D eigenvalue weighted by atomic mass is 10.2. The average Bonchev–Trinajstić information content (AvgIpc) is 3.01. The van der Waals surface area contributed by atoms with Crippen molar-refractivity contribution in [1.82, 2.24) is 19.4 Å². The zero-order valence-electron chi connectivity index (χ0n) is 18.7. The normalized spacial score (nSPS) is 11.5. The molecule has 0 aliphatic rings. The minimum Gasteiger partial charge on any atom is -0.355 e. The maximum atomic E-state index is 13.2. The van der Waals surface area contributed by atoms with Gasteiger partial charge in [-0.3, -0.25) is 14.3 Å². The molecule has 0 aliphatic carbocycles. The smallest absolute Gasteiger partial charge is 0.251 e. The van der Waals surface area contributed by atoms with Gasteiger partial charge in [-0.1, -0.05) is 13.8 Å². The quantitative estimate of drug-likeness (QED) is 0.578. The van der Waals surface area contributed by atoms with Crippen LogP contribution >= 0.6 is 0 Å². The molecule has 1 aromatic heterocycles. The van der Waals surface area contributed by atoms with Gasteiger partial charge in [0.05, 0.1) is 11.4 Å². The fourth-order valence-electron chi connectivity index (χ4n) is 3.37. The Bertz CT molecular complexity index is 1020. The second-order valence-electron chi connectivity index (χ2n) is 7.27. The van der Waals surface area contributed by atoms with Crippen molar-refractivity contribution in [2.75, 3.05) is 25.5 Å². The van der Waals surface area contributed by atoms with Gasteiger partial charge in [-0.2, -0.15) is 9.40 Å². The minimum absolute atomic E-state index is 0.124. The Balaban J connectivity index is 2.20. The van der Waals surface area contributed by atoms with Gasteiger partial charge in [0.15, 0.2) is 0 Å². The Morgan fingerprint density at radius 1 is 1.06 bits per heavy atom. The summed E-state index contributed by atoms with van der Waals surface area (Å²) in [6, 6.07) is 6.48. The van der Waals surface area contributed by atoms with Crippen LogP contribution in [0.15, 0.2) is 29.2 Å². The van der Waals surface area contributed by atoms with E-state index < -0.39 is 10.0 Å². The van der Waals surface area contributed by atoms with Crippen molar-refractivity contribution in [3.05, 3.63) is 41.2 Å². The second-order valence-corrected chi connectivity index (χ2v) is 9.14. The first-order valence-corrected chi connectivity index (χ1v) is 11.8. The van der Waals surface area contributed by atoms with E-state index >= 15 is 0 Å². The summed E-state index contributed by atoms with van der Waals surface area (Å²) in [5.41, 5.74) is 1.82. The lowest BCUT2D eigenvalue weighted by Crippen LogP contribution is -2.33. The highest BCUT2D eigenvalue weighted by atomic mass is 32.2. The van der Waals surface area contributed by atoms with Crippen LogP contribution in [0.5, 0.6) is 0 Å². The van der Waals surface area contributed by atoms with E-state index in [2.05, 4.69) is 15.7 Å². The Labute approximate surface area is 183 Å². The molecule has 170 valence electrons. The van der Waals surface area contributed by atoms with E-state index in [4.69, 9.17) is 0 Å². The molecule has 2 N–H and O–H groups in total. The van der Waals surface area contributed by atoms with E-state index in [9.17, 15) is 18.0 Å². The number of nitrogens with one attached hydrogen (secondary N) is 2. The summed E-state index contributed by atoms with van der Waals surface area (Å²) in [5, 5.41) is 9.58. The van der Waals surface area contributed by atoms with Crippen molar-refractivity contribution < 1.29 is 18.0 Å². The Morgan fingerprint density at radius 3 is 2.16 bits per heavy atom. The van der Waals surface area contributed by atoms with Gasteiger partial charge in [0, 0.05) is 31.4 Å². The summed E-state index contributed by atoms with van der Waals surface area (Å²) < 4.78 is 29.3. The van der Waals surface area contributed by atoms with Gasteiger partial charge in [-0.25, -0.2) is 8.42 Å². The molecule has 2 rings (SSSR count). The van der Waals surface area contributed by atoms with Gasteiger partial charge in [0.25, 0.3) is 5.91 Å². The lowest BCUT2D eigenvalue weighted by molar-refractivity contribution is -0.116. The number of anilines is 1. The number of sulfonamides is 1. The molecular weight excluding hydrogens is 418 g/mol. The topological polar surface area (TPSA) is 113 Å². The van der Waals surface area contributed by atoms with Crippen LogP contribution in [0.25, 0.3) is 0 Å². The van der Waals surface area contributed by atoms with Gasteiger partial charge in [0.2, 0.25) is 15.9 Å². The first-order valence-electron chi connectivity index (χ1n) is 10.3. The summed E-state index contributed by atoms with van der Waals surface area (Å²) in [4.78, 5) is 24.3. The molecule has 1 aromatic carbocycles. The van der Waals surface area contributed by atoms with Crippen LogP contribution < -0.4 is 10.6 Å². The molecular formula is C21H31N5O4S. The molecule has 0 bridgehead atoms. The zero-order chi connectivity index (χ0) is 23.2.